The molecule has 1 aliphatic heterocycles. The molecule has 0 radical (unpaired) electrons. The SMILES string of the molecule is CC(C)COc1ccccc1/C=C1\SC(=Nc2ccccc2Cl)NC1=O. The fourth-order valence-corrected chi connectivity index (χ4v) is 3.26. The van der Waals surface area contributed by atoms with Crippen LogP contribution in [0.25, 0.3) is 6.08 Å². The third-order valence-electron chi connectivity index (χ3n) is 3.50. The minimum atomic E-state index is -0.181. The molecule has 134 valence electrons. The summed E-state index contributed by atoms with van der Waals surface area (Å²) < 4.78 is 5.85. The zero-order valence-electron chi connectivity index (χ0n) is 14.5. The van der Waals surface area contributed by atoms with Gasteiger partial charge in [0.15, 0.2) is 5.17 Å². The van der Waals surface area contributed by atoms with Gasteiger partial charge in [0.2, 0.25) is 0 Å². The lowest BCUT2D eigenvalue weighted by molar-refractivity contribution is -0.115. The highest BCUT2D eigenvalue weighted by atomic mass is 35.5. The Morgan fingerprint density at radius 3 is 2.69 bits per heavy atom. The number of amides is 1. The number of aliphatic imine (C=N–C) groups is 1. The molecule has 0 spiro atoms. The number of para-hydroxylation sites is 2. The normalized spacial score (nSPS) is 17.2. The third-order valence-corrected chi connectivity index (χ3v) is 4.73. The lowest BCUT2D eigenvalue weighted by Crippen LogP contribution is -2.19. The molecule has 26 heavy (non-hydrogen) atoms. The molecule has 1 amide bonds. The highest BCUT2D eigenvalue weighted by molar-refractivity contribution is 8.18. The molecule has 0 aliphatic carbocycles. The molecule has 0 atom stereocenters. The van der Waals surface area contributed by atoms with Gasteiger partial charge in [-0.3, -0.25) is 4.79 Å². The van der Waals surface area contributed by atoms with Crippen molar-refractivity contribution in [3.63, 3.8) is 0 Å². The zero-order valence-corrected chi connectivity index (χ0v) is 16.1. The zero-order chi connectivity index (χ0) is 18.5. The summed E-state index contributed by atoms with van der Waals surface area (Å²) in [5, 5.41) is 3.83. The van der Waals surface area contributed by atoms with E-state index in [1.807, 2.05) is 42.5 Å². The fraction of sp³-hybridized carbons (Fsp3) is 0.200. The molecule has 6 heteroatoms. The van der Waals surface area contributed by atoms with Gasteiger partial charge in [0.1, 0.15) is 5.75 Å². The van der Waals surface area contributed by atoms with E-state index in [2.05, 4.69) is 24.2 Å². The molecule has 3 rings (SSSR count). The van der Waals surface area contributed by atoms with Gasteiger partial charge in [-0.25, -0.2) is 4.99 Å². The van der Waals surface area contributed by atoms with Crippen LogP contribution in [0.3, 0.4) is 0 Å². The van der Waals surface area contributed by atoms with Crippen molar-refractivity contribution in [2.45, 2.75) is 13.8 Å². The van der Waals surface area contributed by atoms with Crippen LogP contribution in [0.1, 0.15) is 19.4 Å². The Morgan fingerprint density at radius 1 is 1.19 bits per heavy atom. The number of rotatable bonds is 5. The van der Waals surface area contributed by atoms with Gasteiger partial charge in [-0.1, -0.05) is 55.8 Å². The highest BCUT2D eigenvalue weighted by Gasteiger charge is 2.24. The number of nitrogens with one attached hydrogen (secondary N) is 1. The second kappa shape index (κ2) is 8.43. The first-order valence-electron chi connectivity index (χ1n) is 8.29. The number of hydrogen-bond acceptors (Lipinski definition) is 4. The summed E-state index contributed by atoms with van der Waals surface area (Å²) in [6, 6.07) is 14.9. The summed E-state index contributed by atoms with van der Waals surface area (Å²) in [6.07, 6.45) is 1.82. The Balaban J connectivity index is 1.82. The lowest BCUT2D eigenvalue weighted by atomic mass is 10.2. The molecule has 0 saturated carbocycles. The fourth-order valence-electron chi connectivity index (χ4n) is 2.26. The van der Waals surface area contributed by atoms with Crippen LogP contribution in [0.15, 0.2) is 58.4 Å². The average Bonchev–Trinajstić information content (AvgIpc) is 2.95. The van der Waals surface area contributed by atoms with Gasteiger partial charge in [0.05, 0.1) is 22.2 Å². The van der Waals surface area contributed by atoms with Crippen molar-refractivity contribution in [3.05, 3.63) is 64.0 Å². The lowest BCUT2D eigenvalue weighted by Gasteiger charge is -2.11. The number of thioether (sulfide) groups is 1. The van der Waals surface area contributed by atoms with Crippen molar-refractivity contribution in [2.24, 2.45) is 10.9 Å². The van der Waals surface area contributed by atoms with Crippen LogP contribution in [0.5, 0.6) is 5.75 Å². The average molecular weight is 387 g/mol. The van der Waals surface area contributed by atoms with E-state index in [-0.39, 0.29) is 5.91 Å². The Labute approximate surface area is 162 Å². The summed E-state index contributed by atoms with van der Waals surface area (Å²) in [5.74, 6) is 1.01. The van der Waals surface area contributed by atoms with E-state index in [4.69, 9.17) is 16.3 Å². The number of amidine groups is 1. The van der Waals surface area contributed by atoms with Crippen LogP contribution in [-0.2, 0) is 4.79 Å². The van der Waals surface area contributed by atoms with Crippen molar-refractivity contribution in [3.8, 4) is 5.75 Å². The first kappa shape index (κ1) is 18.5. The van der Waals surface area contributed by atoms with Gasteiger partial charge in [0, 0.05) is 5.56 Å². The van der Waals surface area contributed by atoms with Crippen LogP contribution < -0.4 is 10.1 Å². The van der Waals surface area contributed by atoms with E-state index >= 15 is 0 Å². The predicted octanol–water partition coefficient (Wildman–Crippen LogP) is 5.27. The van der Waals surface area contributed by atoms with Gasteiger partial charge in [-0.2, -0.15) is 0 Å². The Hall–Kier alpha value is -2.24. The van der Waals surface area contributed by atoms with Gasteiger partial charge < -0.3 is 10.1 Å². The maximum absolute atomic E-state index is 12.3. The molecule has 4 nitrogen and oxygen atoms in total. The number of hydrogen-bond donors (Lipinski definition) is 1. The minimum Gasteiger partial charge on any atom is -0.493 e. The molecule has 1 saturated heterocycles. The van der Waals surface area contributed by atoms with Crippen LogP contribution in [0, 0.1) is 5.92 Å². The van der Waals surface area contributed by atoms with Crippen LogP contribution in [-0.4, -0.2) is 17.7 Å². The van der Waals surface area contributed by atoms with Gasteiger partial charge in [0.25, 0.3) is 5.91 Å². The maximum atomic E-state index is 12.3. The molecule has 1 aliphatic rings. The first-order chi connectivity index (χ1) is 12.5. The van der Waals surface area contributed by atoms with Crippen molar-refractivity contribution >= 4 is 46.2 Å². The van der Waals surface area contributed by atoms with E-state index in [9.17, 15) is 4.79 Å². The van der Waals surface area contributed by atoms with Gasteiger partial charge in [-0.15, -0.1) is 0 Å². The molecule has 1 N–H and O–H groups in total. The Kier molecular flexibility index (Phi) is 6.01. The summed E-state index contributed by atoms with van der Waals surface area (Å²) in [5.41, 5.74) is 1.49. The Morgan fingerprint density at radius 2 is 1.92 bits per heavy atom. The molecular formula is C20H19ClN2O2S. The van der Waals surface area contributed by atoms with Crippen molar-refractivity contribution in [1.82, 2.24) is 5.32 Å². The molecule has 2 aromatic carbocycles. The minimum absolute atomic E-state index is 0.181. The number of halogens is 1. The number of ether oxygens (including phenoxy) is 1. The third kappa shape index (κ3) is 4.68. The highest BCUT2D eigenvalue weighted by Crippen LogP contribution is 2.32. The molecule has 1 fully saturated rings. The number of benzene rings is 2. The number of carbonyl (C=O) groups is 1. The predicted molar refractivity (Wildman–Crippen MR) is 109 cm³/mol. The van der Waals surface area contributed by atoms with Gasteiger partial charge >= 0.3 is 0 Å². The topological polar surface area (TPSA) is 50.7 Å². The summed E-state index contributed by atoms with van der Waals surface area (Å²) in [7, 11) is 0. The van der Waals surface area contributed by atoms with Crippen molar-refractivity contribution < 1.29 is 9.53 Å². The molecule has 0 aromatic heterocycles. The Bertz CT molecular complexity index is 878. The quantitative estimate of drug-likeness (QED) is 0.712. The smallest absolute Gasteiger partial charge is 0.264 e. The summed E-state index contributed by atoms with van der Waals surface area (Å²) in [4.78, 5) is 17.3. The standard InChI is InChI=1S/C20H19ClN2O2S/c1-13(2)12-25-17-10-6-3-7-14(17)11-18-19(24)23-20(26-18)22-16-9-5-4-8-15(16)21/h3-11,13H,12H2,1-2H3,(H,22,23,24)/b18-11-. The van der Waals surface area contributed by atoms with Crippen molar-refractivity contribution in [1.29, 1.82) is 0 Å². The molecule has 2 aromatic rings. The second-order valence-corrected chi connectivity index (χ2v) is 7.61. The molecule has 1 heterocycles. The number of nitrogens with zero attached hydrogens (tertiary/aromatic N) is 1. The van der Waals surface area contributed by atoms with E-state index in [0.29, 0.717) is 33.3 Å². The van der Waals surface area contributed by atoms with E-state index in [1.54, 1.807) is 12.1 Å². The molecule has 0 unspecified atom stereocenters. The van der Waals surface area contributed by atoms with Crippen LogP contribution >= 0.6 is 23.4 Å². The van der Waals surface area contributed by atoms with E-state index in [0.717, 1.165) is 11.3 Å². The van der Waals surface area contributed by atoms with Crippen LogP contribution in [0.2, 0.25) is 5.02 Å². The maximum Gasteiger partial charge on any atom is 0.264 e. The monoisotopic (exact) mass is 386 g/mol. The van der Waals surface area contributed by atoms with E-state index < -0.39 is 0 Å². The number of carbonyl (C=O) groups excluding carboxylic acids is 1. The summed E-state index contributed by atoms with van der Waals surface area (Å²) >= 11 is 7.41. The van der Waals surface area contributed by atoms with E-state index in [1.165, 1.54) is 11.8 Å². The van der Waals surface area contributed by atoms with Gasteiger partial charge in [-0.05, 0) is 42.0 Å². The first-order valence-corrected chi connectivity index (χ1v) is 9.48. The van der Waals surface area contributed by atoms with Crippen LogP contribution in [0.4, 0.5) is 5.69 Å². The molecular weight excluding hydrogens is 368 g/mol. The molecule has 0 bridgehead atoms. The van der Waals surface area contributed by atoms with Crippen molar-refractivity contribution in [2.75, 3.05) is 6.61 Å². The second-order valence-electron chi connectivity index (χ2n) is 6.18. The summed E-state index contributed by atoms with van der Waals surface area (Å²) in [6.45, 7) is 4.82. The largest absolute Gasteiger partial charge is 0.493 e.